The van der Waals surface area contributed by atoms with Crippen LogP contribution in [0.25, 0.3) is 0 Å². The maximum atomic E-state index is 11.5. The maximum absolute atomic E-state index is 11.5. The highest BCUT2D eigenvalue weighted by Gasteiger charge is 2.09. The second-order valence-electron chi connectivity index (χ2n) is 3.37. The van der Waals surface area contributed by atoms with E-state index in [0.717, 1.165) is 5.69 Å². The van der Waals surface area contributed by atoms with Crippen LogP contribution in [0.2, 0.25) is 0 Å². The molecule has 0 spiro atoms. The van der Waals surface area contributed by atoms with Crippen molar-refractivity contribution < 1.29 is 4.79 Å². The topological polar surface area (TPSA) is 110 Å². The molecule has 0 unspecified atom stereocenters. The minimum absolute atomic E-state index is 0.0554. The molecule has 0 saturated carbocycles. The van der Waals surface area contributed by atoms with Gasteiger partial charge in [-0.3, -0.25) is 14.9 Å². The average molecular weight is 232 g/mol. The lowest BCUT2D eigenvalue weighted by molar-refractivity contribution is 0.0944. The van der Waals surface area contributed by atoms with E-state index in [1.54, 1.807) is 6.20 Å². The molecule has 7 nitrogen and oxygen atoms in total. The Labute approximate surface area is 97.5 Å². The van der Waals surface area contributed by atoms with Crippen molar-refractivity contribution in [1.29, 1.82) is 0 Å². The van der Waals surface area contributed by atoms with Crippen LogP contribution in [0.5, 0.6) is 0 Å². The van der Waals surface area contributed by atoms with Crippen molar-refractivity contribution in [3.63, 3.8) is 0 Å². The number of carbonyl (C=O) groups excluding carboxylic acids is 1. The van der Waals surface area contributed by atoms with E-state index in [0.29, 0.717) is 13.0 Å². The molecule has 17 heavy (non-hydrogen) atoms. The lowest BCUT2D eigenvalue weighted by atomic mass is 10.3. The quantitative estimate of drug-likeness (QED) is 0.673. The van der Waals surface area contributed by atoms with Gasteiger partial charge in [0.1, 0.15) is 0 Å². The van der Waals surface area contributed by atoms with Crippen molar-refractivity contribution in [2.75, 3.05) is 12.3 Å². The van der Waals surface area contributed by atoms with Crippen LogP contribution in [0.4, 0.5) is 5.95 Å². The highest BCUT2D eigenvalue weighted by Crippen LogP contribution is 1.95. The Bertz CT molecular complexity index is 495. The van der Waals surface area contributed by atoms with E-state index in [1.165, 1.54) is 0 Å². The van der Waals surface area contributed by atoms with Gasteiger partial charge in [0, 0.05) is 24.9 Å². The highest BCUT2D eigenvalue weighted by molar-refractivity contribution is 5.90. The zero-order valence-electron chi connectivity index (χ0n) is 9.05. The van der Waals surface area contributed by atoms with Crippen molar-refractivity contribution in [2.45, 2.75) is 6.42 Å². The SMILES string of the molecule is Nc1n[nH]c(C(=O)NCCc2ccccn2)n1. The number of pyridine rings is 1. The summed E-state index contributed by atoms with van der Waals surface area (Å²) >= 11 is 0. The number of aromatic amines is 1. The normalized spacial score (nSPS) is 10.1. The number of nitrogens with two attached hydrogens (primary N) is 1. The summed E-state index contributed by atoms with van der Waals surface area (Å²) < 4.78 is 0. The summed E-state index contributed by atoms with van der Waals surface area (Å²) in [5.41, 5.74) is 6.21. The molecule has 0 aliphatic rings. The third-order valence-corrected chi connectivity index (χ3v) is 2.11. The molecule has 0 saturated heterocycles. The smallest absolute Gasteiger partial charge is 0.288 e. The summed E-state index contributed by atoms with van der Waals surface area (Å²) in [7, 11) is 0. The van der Waals surface area contributed by atoms with Crippen LogP contribution in [0, 0.1) is 0 Å². The Kier molecular flexibility index (Phi) is 3.29. The van der Waals surface area contributed by atoms with E-state index >= 15 is 0 Å². The van der Waals surface area contributed by atoms with Crippen molar-refractivity contribution in [3.8, 4) is 0 Å². The summed E-state index contributed by atoms with van der Waals surface area (Å²) in [6.45, 7) is 0.483. The van der Waals surface area contributed by atoms with Gasteiger partial charge in [0.05, 0.1) is 0 Å². The summed E-state index contributed by atoms with van der Waals surface area (Å²) in [5.74, 6) is -0.159. The molecule has 0 atom stereocenters. The summed E-state index contributed by atoms with van der Waals surface area (Å²) in [6, 6.07) is 5.65. The monoisotopic (exact) mass is 232 g/mol. The molecule has 0 fully saturated rings. The van der Waals surface area contributed by atoms with E-state index in [-0.39, 0.29) is 17.7 Å². The van der Waals surface area contributed by atoms with E-state index in [1.807, 2.05) is 18.2 Å². The third-order valence-electron chi connectivity index (χ3n) is 2.11. The van der Waals surface area contributed by atoms with E-state index in [4.69, 9.17) is 5.73 Å². The van der Waals surface area contributed by atoms with Crippen LogP contribution < -0.4 is 11.1 Å². The molecule has 88 valence electrons. The molecule has 2 rings (SSSR count). The second kappa shape index (κ2) is 5.06. The number of carbonyl (C=O) groups is 1. The fourth-order valence-corrected chi connectivity index (χ4v) is 1.31. The van der Waals surface area contributed by atoms with Gasteiger partial charge in [-0.2, -0.15) is 4.98 Å². The van der Waals surface area contributed by atoms with E-state index in [9.17, 15) is 4.79 Å². The van der Waals surface area contributed by atoms with Gasteiger partial charge in [-0.15, -0.1) is 5.10 Å². The number of amides is 1. The molecule has 0 aliphatic heterocycles. The number of hydrogen-bond acceptors (Lipinski definition) is 5. The number of H-pyrrole nitrogens is 1. The average Bonchev–Trinajstić information content (AvgIpc) is 2.77. The van der Waals surface area contributed by atoms with Crippen molar-refractivity contribution in [3.05, 3.63) is 35.9 Å². The Hall–Kier alpha value is -2.44. The van der Waals surface area contributed by atoms with Gasteiger partial charge in [-0.1, -0.05) is 6.07 Å². The maximum Gasteiger partial charge on any atom is 0.288 e. The van der Waals surface area contributed by atoms with E-state index in [2.05, 4.69) is 25.5 Å². The largest absolute Gasteiger partial charge is 0.366 e. The molecule has 2 aromatic rings. The Morgan fingerprint density at radius 1 is 1.47 bits per heavy atom. The zero-order chi connectivity index (χ0) is 12.1. The number of rotatable bonds is 4. The molecule has 0 aromatic carbocycles. The first-order valence-corrected chi connectivity index (χ1v) is 5.11. The fraction of sp³-hybridized carbons (Fsp3) is 0.200. The van der Waals surface area contributed by atoms with Crippen LogP contribution in [-0.2, 0) is 6.42 Å². The van der Waals surface area contributed by atoms with Gasteiger partial charge in [-0.05, 0) is 12.1 Å². The van der Waals surface area contributed by atoms with Crippen LogP contribution in [0.3, 0.4) is 0 Å². The van der Waals surface area contributed by atoms with Gasteiger partial charge in [-0.25, -0.2) is 0 Å². The number of anilines is 1. The molecule has 2 heterocycles. The molecular weight excluding hydrogens is 220 g/mol. The molecule has 1 amide bonds. The molecule has 0 radical (unpaired) electrons. The molecule has 0 bridgehead atoms. The van der Waals surface area contributed by atoms with Gasteiger partial charge in [0.15, 0.2) is 0 Å². The third kappa shape index (κ3) is 3.00. The molecule has 2 aromatic heterocycles. The lowest BCUT2D eigenvalue weighted by Gasteiger charge is -2.02. The fourth-order valence-electron chi connectivity index (χ4n) is 1.31. The van der Waals surface area contributed by atoms with Crippen LogP contribution in [-0.4, -0.2) is 32.6 Å². The minimum atomic E-state index is -0.329. The number of hydrogen-bond donors (Lipinski definition) is 3. The summed E-state index contributed by atoms with van der Waals surface area (Å²) in [4.78, 5) is 19.4. The van der Waals surface area contributed by atoms with Gasteiger partial charge in [0.2, 0.25) is 11.8 Å². The van der Waals surface area contributed by atoms with Gasteiger partial charge < -0.3 is 11.1 Å². The highest BCUT2D eigenvalue weighted by atomic mass is 16.2. The van der Waals surface area contributed by atoms with Crippen molar-refractivity contribution in [2.24, 2.45) is 0 Å². The number of nitrogens with zero attached hydrogens (tertiary/aromatic N) is 3. The number of aromatic nitrogens is 4. The Morgan fingerprint density at radius 3 is 3.00 bits per heavy atom. The Balaban J connectivity index is 1.81. The molecule has 0 aliphatic carbocycles. The standard InChI is InChI=1S/C10H12N6O/c11-10-14-8(15-16-10)9(17)13-6-4-7-3-1-2-5-12-7/h1-3,5H,4,6H2,(H,13,17)(H3,11,14,15,16). The first-order valence-electron chi connectivity index (χ1n) is 5.11. The summed E-state index contributed by atoms with van der Waals surface area (Å²) in [6.07, 6.45) is 2.38. The zero-order valence-corrected chi connectivity index (χ0v) is 9.05. The first-order chi connectivity index (χ1) is 8.25. The molecule has 7 heteroatoms. The van der Waals surface area contributed by atoms with E-state index < -0.39 is 0 Å². The molecule has 4 N–H and O–H groups in total. The van der Waals surface area contributed by atoms with Crippen LogP contribution in [0.1, 0.15) is 16.3 Å². The van der Waals surface area contributed by atoms with Gasteiger partial charge >= 0.3 is 0 Å². The summed E-state index contributed by atoms with van der Waals surface area (Å²) in [5, 5.41) is 8.71. The van der Waals surface area contributed by atoms with Crippen LogP contribution in [0.15, 0.2) is 24.4 Å². The first kappa shape index (κ1) is 11.1. The number of nitrogens with one attached hydrogen (secondary N) is 2. The minimum Gasteiger partial charge on any atom is -0.366 e. The van der Waals surface area contributed by atoms with Crippen molar-refractivity contribution >= 4 is 11.9 Å². The molecular formula is C10H12N6O. The predicted molar refractivity (Wildman–Crippen MR) is 61.1 cm³/mol. The van der Waals surface area contributed by atoms with Gasteiger partial charge in [0.25, 0.3) is 5.91 Å². The second-order valence-corrected chi connectivity index (χ2v) is 3.37. The Morgan fingerprint density at radius 2 is 2.35 bits per heavy atom. The van der Waals surface area contributed by atoms with Crippen LogP contribution >= 0.6 is 0 Å². The lowest BCUT2D eigenvalue weighted by Crippen LogP contribution is -2.26. The predicted octanol–water partition coefficient (Wildman–Crippen LogP) is -0.246. The number of nitrogen functional groups attached to an aromatic ring is 1. The van der Waals surface area contributed by atoms with Crippen molar-refractivity contribution in [1.82, 2.24) is 25.5 Å².